The van der Waals surface area contributed by atoms with Crippen LogP contribution in [0.15, 0.2) is 64.5 Å². The molecule has 0 atom stereocenters. The molecule has 0 radical (unpaired) electrons. The van der Waals surface area contributed by atoms with Crippen LogP contribution in [0.3, 0.4) is 0 Å². The third-order valence-electron chi connectivity index (χ3n) is 3.85. The van der Waals surface area contributed by atoms with Gasteiger partial charge in [-0.3, -0.25) is 9.20 Å². The molecule has 0 unspecified atom stereocenters. The number of para-hydroxylation sites is 1. The third-order valence-corrected chi connectivity index (χ3v) is 4.80. The van der Waals surface area contributed by atoms with Crippen molar-refractivity contribution >= 4 is 40.0 Å². The first-order valence-corrected chi connectivity index (χ1v) is 8.37. The molecule has 0 aliphatic rings. The number of carbonyl (C=O) groups excluding carboxylic acids is 1. The van der Waals surface area contributed by atoms with Crippen LogP contribution in [0.1, 0.15) is 0 Å². The fraction of sp³-hybridized carbons (Fsp3) is 0.118. The second-order valence-electron chi connectivity index (χ2n) is 5.28. The van der Waals surface area contributed by atoms with E-state index >= 15 is 0 Å². The number of thioether (sulfide) groups is 1. The Morgan fingerprint density at radius 3 is 2.92 bits per heavy atom. The highest BCUT2D eigenvalue weighted by atomic mass is 32.2. The lowest BCUT2D eigenvalue weighted by atomic mass is 10.3. The van der Waals surface area contributed by atoms with E-state index in [2.05, 4.69) is 10.2 Å². The second kappa shape index (κ2) is 6.01. The number of hydrogen-bond donors (Lipinski definition) is 0. The van der Waals surface area contributed by atoms with E-state index in [1.807, 2.05) is 46.9 Å². The number of amides is 1. The number of fused-ring (bicyclic) bond motifs is 3. The average molecular weight is 338 g/mol. The first-order valence-electron chi connectivity index (χ1n) is 7.38. The quantitative estimate of drug-likeness (QED) is 0.535. The van der Waals surface area contributed by atoms with Crippen LogP contribution in [0.5, 0.6) is 0 Å². The Hall–Kier alpha value is -2.80. The van der Waals surface area contributed by atoms with Crippen molar-refractivity contribution in [2.24, 2.45) is 0 Å². The molecule has 0 saturated heterocycles. The third kappa shape index (κ3) is 2.52. The lowest BCUT2D eigenvalue weighted by Gasteiger charge is -2.16. The van der Waals surface area contributed by atoms with Crippen LogP contribution < -0.4 is 4.90 Å². The van der Waals surface area contributed by atoms with Gasteiger partial charge in [0.05, 0.1) is 23.0 Å². The normalized spacial score (nSPS) is 11.2. The van der Waals surface area contributed by atoms with Crippen LogP contribution >= 0.6 is 11.8 Å². The molecular weight excluding hydrogens is 324 g/mol. The van der Waals surface area contributed by atoms with E-state index in [1.54, 1.807) is 24.5 Å². The van der Waals surface area contributed by atoms with E-state index in [1.165, 1.54) is 11.8 Å². The van der Waals surface area contributed by atoms with Gasteiger partial charge in [-0.2, -0.15) is 0 Å². The van der Waals surface area contributed by atoms with Crippen molar-refractivity contribution in [3.8, 4) is 0 Å². The smallest absolute Gasteiger partial charge is 0.237 e. The summed E-state index contributed by atoms with van der Waals surface area (Å²) in [6, 6.07) is 13.4. The largest absolute Gasteiger partial charge is 0.463 e. The van der Waals surface area contributed by atoms with Crippen molar-refractivity contribution in [1.82, 2.24) is 14.6 Å². The zero-order valence-corrected chi connectivity index (χ0v) is 13.7. The van der Waals surface area contributed by atoms with E-state index < -0.39 is 0 Å². The Labute approximate surface area is 142 Å². The maximum Gasteiger partial charge on any atom is 0.237 e. The summed E-state index contributed by atoms with van der Waals surface area (Å²) >= 11 is 1.37. The van der Waals surface area contributed by atoms with Crippen molar-refractivity contribution < 1.29 is 9.21 Å². The van der Waals surface area contributed by atoms with Crippen molar-refractivity contribution in [2.45, 2.75) is 5.03 Å². The number of anilines is 1. The van der Waals surface area contributed by atoms with Gasteiger partial charge in [0.25, 0.3) is 0 Å². The molecule has 24 heavy (non-hydrogen) atoms. The summed E-state index contributed by atoms with van der Waals surface area (Å²) in [5.41, 5.74) is 3.47. The van der Waals surface area contributed by atoms with E-state index in [4.69, 9.17) is 4.42 Å². The minimum absolute atomic E-state index is 0.00486. The molecular formula is C17H14N4O2S. The molecule has 7 heteroatoms. The number of aromatic nitrogens is 3. The van der Waals surface area contributed by atoms with Gasteiger partial charge in [0.1, 0.15) is 11.4 Å². The van der Waals surface area contributed by atoms with Gasteiger partial charge in [-0.1, -0.05) is 30.0 Å². The van der Waals surface area contributed by atoms with Gasteiger partial charge in [0.15, 0.2) is 5.58 Å². The maximum absolute atomic E-state index is 12.4. The predicted molar refractivity (Wildman–Crippen MR) is 93.3 cm³/mol. The average Bonchev–Trinajstić information content (AvgIpc) is 3.21. The van der Waals surface area contributed by atoms with Gasteiger partial charge >= 0.3 is 0 Å². The summed E-state index contributed by atoms with van der Waals surface area (Å²) in [4.78, 5) is 14.0. The van der Waals surface area contributed by atoms with Crippen LogP contribution in [0.4, 0.5) is 5.69 Å². The van der Waals surface area contributed by atoms with Crippen molar-refractivity contribution in [2.75, 3.05) is 17.7 Å². The van der Waals surface area contributed by atoms with Gasteiger partial charge in [0.2, 0.25) is 5.91 Å². The summed E-state index contributed by atoms with van der Waals surface area (Å²) in [5, 5.41) is 8.89. The van der Waals surface area contributed by atoms with Crippen LogP contribution in [0.2, 0.25) is 0 Å². The minimum Gasteiger partial charge on any atom is -0.463 e. The lowest BCUT2D eigenvalue weighted by Crippen LogP contribution is -2.27. The highest BCUT2D eigenvalue weighted by molar-refractivity contribution is 8.00. The standard InChI is InChI=1S/C17H14N4O2S/c1-20(12-5-3-2-4-6-12)16(22)10-24-17-14-9-15-13(7-8-23-15)21(14)11-18-19-17/h2-9,11H,10H2,1H3. The summed E-state index contributed by atoms with van der Waals surface area (Å²) < 4.78 is 7.33. The molecule has 3 aromatic heterocycles. The van der Waals surface area contributed by atoms with E-state index in [-0.39, 0.29) is 11.7 Å². The Morgan fingerprint density at radius 2 is 2.08 bits per heavy atom. The van der Waals surface area contributed by atoms with Crippen molar-refractivity contribution in [1.29, 1.82) is 0 Å². The first kappa shape index (κ1) is 14.8. The Kier molecular flexibility index (Phi) is 3.70. The predicted octanol–water partition coefficient (Wildman–Crippen LogP) is 3.23. The Balaban J connectivity index is 1.55. The van der Waals surface area contributed by atoms with Crippen molar-refractivity contribution in [3.05, 3.63) is 55.1 Å². The molecule has 0 N–H and O–H groups in total. The van der Waals surface area contributed by atoms with E-state index in [0.717, 1.165) is 22.3 Å². The van der Waals surface area contributed by atoms with Gasteiger partial charge in [-0.15, -0.1) is 10.2 Å². The highest BCUT2D eigenvalue weighted by Gasteiger charge is 2.15. The summed E-state index contributed by atoms with van der Waals surface area (Å²) in [6.07, 6.45) is 3.29. The second-order valence-corrected chi connectivity index (χ2v) is 6.25. The molecule has 0 aliphatic heterocycles. The number of hydrogen-bond acceptors (Lipinski definition) is 5. The highest BCUT2D eigenvalue weighted by Crippen LogP contribution is 2.27. The molecule has 4 aromatic rings. The van der Waals surface area contributed by atoms with Gasteiger partial charge in [-0.25, -0.2) is 0 Å². The molecule has 0 saturated carbocycles. The van der Waals surface area contributed by atoms with Crippen LogP contribution in [0, 0.1) is 0 Å². The number of furan rings is 1. The first-order chi connectivity index (χ1) is 11.7. The number of rotatable bonds is 4. The summed E-state index contributed by atoms with van der Waals surface area (Å²) in [5.74, 6) is 0.289. The monoisotopic (exact) mass is 338 g/mol. The SMILES string of the molecule is CN(C(=O)CSc1nncn2c1cc1occc12)c1ccccc1. The van der Waals surface area contributed by atoms with E-state index in [0.29, 0.717) is 5.03 Å². The summed E-state index contributed by atoms with van der Waals surface area (Å²) in [7, 11) is 1.77. The Bertz CT molecular complexity index is 1010. The molecule has 1 aromatic carbocycles. The molecule has 0 aliphatic carbocycles. The Morgan fingerprint density at radius 1 is 1.25 bits per heavy atom. The molecule has 3 heterocycles. The zero-order valence-electron chi connectivity index (χ0n) is 12.9. The number of carbonyl (C=O) groups is 1. The maximum atomic E-state index is 12.4. The molecule has 0 fully saturated rings. The summed E-state index contributed by atoms with van der Waals surface area (Å²) in [6.45, 7) is 0. The molecule has 6 nitrogen and oxygen atoms in total. The topological polar surface area (TPSA) is 63.6 Å². The minimum atomic E-state index is 0.00486. The molecule has 1 amide bonds. The van der Waals surface area contributed by atoms with Crippen molar-refractivity contribution in [3.63, 3.8) is 0 Å². The molecule has 0 bridgehead atoms. The van der Waals surface area contributed by atoms with Gasteiger partial charge in [-0.05, 0) is 12.1 Å². The van der Waals surface area contributed by atoms with Crippen LogP contribution in [-0.4, -0.2) is 33.3 Å². The van der Waals surface area contributed by atoms with Crippen LogP contribution in [0.25, 0.3) is 16.6 Å². The molecule has 120 valence electrons. The molecule has 4 rings (SSSR count). The van der Waals surface area contributed by atoms with E-state index in [9.17, 15) is 4.79 Å². The number of nitrogens with zero attached hydrogens (tertiary/aromatic N) is 4. The lowest BCUT2D eigenvalue weighted by molar-refractivity contribution is -0.115. The number of benzene rings is 1. The zero-order chi connectivity index (χ0) is 16.5. The van der Waals surface area contributed by atoms with Gasteiger partial charge < -0.3 is 9.32 Å². The van der Waals surface area contributed by atoms with Gasteiger partial charge in [0, 0.05) is 24.9 Å². The van der Waals surface area contributed by atoms with Crippen LogP contribution in [-0.2, 0) is 4.79 Å². The fourth-order valence-corrected chi connectivity index (χ4v) is 3.40. The molecule has 0 spiro atoms. The fourth-order valence-electron chi connectivity index (χ4n) is 2.54.